The van der Waals surface area contributed by atoms with Crippen molar-refractivity contribution in [2.75, 3.05) is 13.2 Å². The quantitative estimate of drug-likeness (QED) is 0.570. The molecule has 2 aromatic rings. The smallest absolute Gasteiger partial charge is 0.162 e. The number of benzene rings is 2. The maximum absolute atomic E-state index is 6.42. The Bertz CT molecular complexity index is 688. The van der Waals surface area contributed by atoms with E-state index in [1.807, 2.05) is 18.2 Å². The van der Waals surface area contributed by atoms with E-state index >= 15 is 0 Å². The van der Waals surface area contributed by atoms with Gasteiger partial charge in [0.25, 0.3) is 0 Å². The first-order valence-electron chi connectivity index (χ1n) is 6.56. The summed E-state index contributed by atoms with van der Waals surface area (Å²) < 4.78 is 12.3. The molecular weight excluding hydrogens is 419 g/mol. The van der Waals surface area contributed by atoms with Gasteiger partial charge in [-0.05, 0) is 29.7 Å². The first-order chi connectivity index (χ1) is 10.1. The van der Waals surface area contributed by atoms with Crippen LogP contribution in [0.3, 0.4) is 0 Å². The highest BCUT2D eigenvalue weighted by molar-refractivity contribution is 9.11. The van der Waals surface area contributed by atoms with E-state index in [0.29, 0.717) is 24.0 Å². The Morgan fingerprint density at radius 2 is 1.76 bits per heavy atom. The topological polar surface area (TPSA) is 18.5 Å². The molecular formula is C16H13Br2ClO2. The first-order valence-corrected chi connectivity index (χ1v) is 8.64. The van der Waals surface area contributed by atoms with Gasteiger partial charge in [-0.25, -0.2) is 0 Å². The lowest BCUT2D eigenvalue weighted by Gasteiger charge is -2.22. The molecule has 1 heterocycles. The van der Waals surface area contributed by atoms with Gasteiger partial charge in [0, 0.05) is 15.6 Å². The SMILES string of the molecule is Cc1cccc(C(Br)c2cc3c(cc2Cl)OCCO3)c1Br. The monoisotopic (exact) mass is 430 g/mol. The molecule has 0 saturated carbocycles. The van der Waals surface area contributed by atoms with Gasteiger partial charge in [-0.2, -0.15) is 0 Å². The molecule has 0 aliphatic carbocycles. The summed E-state index contributed by atoms with van der Waals surface area (Å²) in [4.78, 5) is -0.0184. The molecule has 0 fully saturated rings. The molecule has 2 nitrogen and oxygen atoms in total. The van der Waals surface area contributed by atoms with Crippen molar-refractivity contribution in [1.82, 2.24) is 0 Å². The third kappa shape index (κ3) is 2.94. The molecule has 0 N–H and O–H groups in total. The van der Waals surface area contributed by atoms with Crippen LogP contribution in [0.4, 0.5) is 0 Å². The molecule has 3 rings (SSSR count). The van der Waals surface area contributed by atoms with E-state index in [4.69, 9.17) is 21.1 Å². The molecule has 1 aliphatic rings. The van der Waals surface area contributed by atoms with E-state index in [1.165, 1.54) is 5.56 Å². The van der Waals surface area contributed by atoms with Gasteiger partial charge in [-0.1, -0.05) is 61.7 Å². The number of rotatable bonds is 2. The van der Waals surface area contributed by atoms with Gasteiger partial charge in [-0.3, -0.25) is 0 Å². The molecule has 0 amide bonds. The number of hydrogen-bond donors (Lipinski definition) is 0. The maximum Gasteiger partial charge on any atom is 0.162 e. The predicted octanol–water partition coefficient (Wildman–Crippen LogP) is 5.67. The van der Waals surface area contributed by atoms with Crippen LogP contribution in [0.25, 0.3) is 0 Å². The molecule has 0 radical (unpaired) electrons. The fourth-order valence-corrected chi connectivity index (χ4v) is 4.26. The Kier molecular flexibility index (Phi) is 4.48. The molecule has 0 aromatic heterocycles. The van der Waals surface area contributed by atoms with Crippen molar-refractivity contribution < 1.29 is 9.47 Å². The van der Waals surface area contributed by atoms with Crippen molar-refractivity contribution in [2.24, 2.45) is 0 Å². The van der Waals surface area contributed by atoms with Gasteiger partial charge < -0.3 is 9.47 Å². The number of halogens is 3. The molecule has 0 spiro atoms. The molecule has 5 heteroatoms. The second-order valence-corrected chi connectivity index (χ2v) is 6.97. The largest absolute Gasteiger partial charge is 0.486 e. The minimum Gasteiger partial charge on any atom is -0.486 e. The summed E-state index contributed by atoms with van der Waals surface area (Å²) in [6.45, 7) is 3.19. The molecule has 0 saturated heterocycles. The highest BCUT2D eigenvalue weighted by Crippen LogP contribution is 2.44. The van der Waals surface area contributed by atoms with Crippen LogP contribution >= 0.6 is 43.5 Å². The molecule has 0 bridgehead atoms. The normalized spacial score (nSPS) is 14.9. The average Bonchev–Trinajstić information content (AvgIpc) is 2.48. The Balaban J connectivity index is 2.05. The fourth-order valence-electron chi connectivity index (χ4n) is 2.31. The Hall–Kier alpha value is -0.710. The van der Waals surface area contributed by atoms with Crippen molar-refractivity contribution in [3.8, 4) is 11.5 Å². The standard InChI is InChI=1S/C16H13Br2ClO2/c1-9-3-2-4-10(15(9)17)16(18)11-7-13-14(8-12(11)19)21-6-5-20-13/h2-4,7-8,16H,5-6H2,1H3. The van der Waals surface area contributed by atoms with E-state index in [-0.39, 0.29) is 4.83 Å². The van der Waals surface area contributed by atoms with E-state index in [1.54, 1.807) is 0 Å². The summed E-state index contributed by atoms with van der Waals surface area (Å²) in [6.07, 6.45) is 0. The van der Waals surface area contributed by atoms with Crippen LogP contribution < -0.4 is 9.47 Å². The summed E-state index contributed by atoms with van der Waals surface area (Å²) in [7, 11) is 0. The number of alkyl halides is 1. The second-order valence-electron chi connectivity index (χ2n) is 4.86. The summed E-state index contributed by atoms with van der Waals surface area (Å²) in [6, 6.07) is 9.95. The van der Waals surface area contributed by atoms with E-state index in [2.05, 4.69) is 50.9 Å². The highest BCUT2D eigenvalue weighted by atomic mass is 79.9. The molecule has 21 heavy (non-hydrogen) atoms. The van der Waals surface area contributed by atoms with Crippen molar-refractivity contribution in [2.45, 2.75) is 11.8 Å². The van der Waals surface area contributed by atoms with Crippen LogP contribution in [-0.4, -0.2) is 13.2 Å². The Labute approximate surface area is 145 Å². The van der Waals surface area contributed by atoms with Crippen molar-refractivity contribution in [3.05, 3.63) is 56.5 Å². The maximum atomic E-state index is 6.42. The lowest BCUT2D eigenvalue weighted by molar-refractivity contribution is 0.171. The van der Waals surface area contributed by atoms with Crippen LogP contribution in [0, 0.1) is 6.92 Å². The van der Waals surface area contributed by atoms with Gasteiger partial charge in [0.2, 0.25) is 0 Å². The Morgan fingerprint density at radius 1 is 1.10 bits per heavy atom. The highest BCUT2D eigenvalue weighted by Gasteiger charge is 2.21. The van der Waals surface area contributed by atoms with Crippen molar-refractivity contribution in [1.29, 1.82) is 0 Å². The zero-order chi connectivity index (χ0) is 15.0. The second kappa shape index (κ2) is 6.19. The van der Waals surface area contributed by atoms with Gasteiger partial charge in [-0.15, -0.1) is 0 Å². The minimum atomic E-state index is -0.0184. The van der Waals surface area contributed by atoms with Crippen LogP contribution in [0.15, 0.2) is 34.8 Å². The third-order valence-corrected chi connectivity index (χ3v) is 5.83. The van der Waals surface area contributed by atoms with Crippen LogP contribution in [-0.2, 0) is 0 Å². The van der Waals surface area contributed by atoms with Gasteiger partial charge in [0.15, 0.2) is 11.5 Å². The Morgan fingerprint density at radius 3 is 2.48 bits per heavy atom. The first kappa shape index (κ1) is 15.2. The number of aryl methyl sites for hydroxylation is 1. The predicted molar refractivity (Wildman–Crippen MR) is 92.1 cm³/mol. The molecule has 1 aliphatic heterocycles. The lowest BCUT2D eigenvalue weighted by atomic mass is 10.0. The summed E-state index contributed by atoms with van der Waals surface area (Å²) in [5.41, 5.74) is 3.28. The average molecular weight is 433 g/mol. The van der Waals surface area contributed by atoms with Crippen LogP contribution in [0.1, 0.15) is 21.5 Å². The van der Waals surface area contributed by atoms with Crippen molar-refractivity contribution in [3.63, 3.8) is 0 Å². The molecule has 110 valence electrons. The van der Waals surface area contributed by atoms with E-state index in [0.717, 1.165) is 21.3 Å². The molecule has 1 unspecified atom stereocenters. The lowest BCUT2D eigenvalue weighted by Crippen LogP contribution is -2.15. The zero-order valence-corrected chi connectivity index (χ0v) is 15.3. The number of ether oxygens (including phenoxy) is 2. The van der Waals surface area contributed by atoms with Gasteiger partial charge >= 0.3 is 0 Å². The third-order valence-electron chi connectivity index (χ3n) is 3.43. The number of hydrogen-bond acceptors (Lipinski definition) is 2. The van der Waals surface area contributed by atoms with Gasteiger partial charge in [0.05, 0.1) is 4.83 Å². The van der Waals surface area contributed by atoms with E-state index in [9.17, 15) is 0 Å². The minimum absolute atomic E-state index is 0.0184. The summed E-state index contributed by atoms with van der Waals surface area (Å²) in [5.74, 6) is 1.45. The van der Waals surface area contributed by atoms with Gasteiger partial charge in [0.1, 0.15) is 13.2 Å². The molecule has 1 atom stereocenters. The summed E-state index contributed by atoms with van der Waals surface area (Å²) >= 11 is 13.8. The van der Waals surface area contributed by atoms with E-state index < -0.39 is 0 Å². The zero-order valence-electron chi connectivity index (χ0n) is 11.3. The van der Waals surface area contributed by atoms with Crippen LogP contribution in [0.2, 0.25) is 5.02 Å². The summed E-state index contributed by atoms with van der Waals surface area (Å²) in [5, 5.41) is 0.662. The fraction of sp³-hybridized carbons (Fsp3) is 0.250. The molecule has 2 aromatic carbocycles. The van der Waals surface area contributed by atoms with Crippen LogP contribution in [0.5, 0.6) is 11.5 Å². The number of fused-ring (bicyclic) bond motifs is 1. The van der Waals surface area contributed by atoms with Crippen molar-refractivity contribution >= 4 is 43.5 Å².